The van der Waals surface area contributed by atoms with Gasteiger partial charge in [-0.2, -0.15) is 0 Å². The zero-order valence-corrected chi connectivity index (χ0v) is 19.8. The normalized spacial score (nSPS) is 18.5. The number of ether oxygens (including phenoxy) is 2. The summed E-state index contributed by atoms with van der Waals surface area (Å²) in [6.45, 7) is 5.41. The molecule has 1 fully saturated rings. The molecule has 0 N–H and O–H groups in total. The number of esters is 1. The van der Waals surface area contributed by atoms with Crippen LogP contribution in [-0.2, 0) is 9.53 Å². The average Bonchev–Trinajstić information content (AvgIpc) is 3.10. The maximum Gasteiger partial charge on any atom is 0.344 e. The minimum absolute atomic E-state index is 0.0464. The Labute approximate surface area is 197 Å². The molecular weight excluding hydrogens is 410 g/mol. The fourth-order valence-corrected chi connectivity index (χ4v) is 5.19. The van der Waals surface area contributed by atoms with Crippen LogP contribution in [0.5, 0.6) is 5.75 Å². The van der Waals surface area contributed by atoms with E-state index in [0.717, 1.165) is 13.0 Å². The topological polar surface area (TPSA) is 38.8 Å². The van der Waals surface area contributed by atoms with Gasteiger partial charge in [-0.15, -0.1) is 0 Å². The van der Waals surface area contributed by atoms with E-state index in [4.69, 9.17) is 9.47 Å². The molecule has 2 unspecified atom stereocenters. The van der Waals surface area contributed by atoms with E-state index in [2.05, 4.69) is 66.4 Å². The smallest absolute Gasteiger partial charge is 0.344 e. The second kappa shape index (κ2) is 11.2. The summed E-state index contributed by atoms with van der Waals surface area (Å²) in [5.74, 6) is 0.907. The second-order valence-corrected chi connectivity index (χ2v) is 8.82. The Bertz CT molecular complexity index is 1040. The van der Waals surface area contributed by atoms with Gasteiger partial charge in [-0.3, -0.25) is 0 Å². The van der Waals surface area contributed by atoms with Gasteiger partial charge in [-0.1, -0.05) is 61.4 Å². The van der Waals surface area contributed by atoms with Crippen LogP contribution in [0, 0.1) is 0 Å². The van der Waals surface area contributed by atoms with Crippen molar-refractivity contribution in [3.63, 3.8) is 0 Å². The highest BCUT2D eigenvalue weighted by atomic mass is 16.6. The molecule has 0 bridgehead atoms. The van der Waals surface area contributed by atoms with E-state index in [-0.39, 0.29) is 12.6 Å². The molecule has 3 aromatic carbocycles. The molecule has 3 aromatic rings. The van der Waals surface area contributed by atoms with Crippen molar-refractivity contribution >= 4 is 22.4 Å². The van der Waals surface area contributed by atoms with Crippen LogP contribution in [-0.4, -0.2) is 31.8 Å². The Morgan fingerprint density at radius 2 is 1.70 bits per heavy atom. The van der Waals surface area contributed by atoms with Crippen molar-refractivity contribution in [3.05, 3.63) is 72.3 Å². The standard InChI is InChI=1S/C29H35NO3/c1-3-30(28-15-9-12-23-10-6-8-14-27(23)28)25-13-7-5-11-24(20-25)22-16-18-26(19-17-22)33-21-29(31)32-4-2/h6,8-10,12,14-19,24-25H,3-5,7,11,13,20-21H2,1-2H3. The number of carbonyl (C=O) groups is 1. The molecule has 2 atom stereocenters. The Morgan fingerprint density at radius 1 is 0.939 bits per heavy atom. The van der Waals surface area contributed by atoms with E-state index in [9.17, 15) is 4.79 Å². The Kier molecular flexibility index (Phi) is 7.87. The minimum atomic E-state index is -0.332. The molecular formula is C29H35NO3. The van der Waals surface area contributed by atoms with E-state index in [0.29, 0.717) is 24.3 Å². The summed E-state index contributed by atoms with van der Waals surface area (Å²) in [5.41, 5.74) is 2.71. The van der Waals surface area contributed by atoms with Crippen LogP contribution in [0.2, 0.25) is 0 Å². The third-order valence-corrected chi connectivity index (χ3v) is 6.77. The first-order valence-corrected chi connectivity index (χ1v) is 12.3. The molecule has 1 aliphatic rings. The summed E-state index contributed by atoms with van der Waals surface area (Å²) in [5, 5.41) is 2.64. The molecule has 4 heteroatoms. The van der Waals surface area contributed by atoms with Gasteiger partial charge in [0, 0.05) is 23.7 Å². The highest BCUT2D eigenvalue weighted by Gasteiger charge is 2.26. The number of carbonyl (C=O) groups excluding carboxylic acids is 1. The zero-order chi connectivity index (χ0) is 23.0. The second-order valence-electron chi connectivity index (χ2n) is 8.82. The lowest BCUT2D eigenvalue weighted by Gasteiger charge is -2.35. The molecule has 0 radical (unpaired) electrons. The van der Waals surface area contributed by atoms with Crippen molar-refractivity contribution in [2.75, 3.05) is 24.7 Å². The van der Waals surface area contributed by atoms with E-state index in [1.54, 1.807) is 6.92 Å². The number of fused-ring (bicyclic) bond motifs is 1. The van der Waals surface area contributed by atoms with Crippen molar-refractivity contribution in [2.45, 2.75) is 57.9 Å². The maximum atomic E-state index is 11.5. The number of nitrogens with zero attached hydrogens (tertiary/aromatic N) is 1. The van der Waals surface area contributed by atoms with Crippen molar-refractivity contribution in [2.24, 2.45) is 0 Å². The number of benzene rings is 3. The average molecular weight is 446 g/mol. The van der Waals surface area contributed by atoms with Gasteiger partial charge in [-0.05, 0) is 68.2 Å². The molecule has 0 spiro atoms. The Hall–Kier alpha value is -3.01. The van der Waals surface area contributed by atoms with Gasteiger partial charge in [0.2, 0.25) is 0 Å². The van der Waals surface area contributed by atoms with E-state index < -0.39 is 0 Å². The van der Waals surface area contributed by atoms with Gasteiger partial charge in [0.1, 0.15) is 5.75 Å². The fourth-order valence-electron chi connectivity index (χ4n) is 5.19. The summed E-state index contributed by atoms with van der Waals surface area (Å²) in [4.78, 5) is 14.2. The maximum absolute atomic E-state index is 11.5. The molecule has 1 aliphatic carbocycles. The molecule has 0 amide bonds. The van der Waals surface area contributed by atoms with E-state index in [1.807, 2.05) is 12.1 Å². The number of hydrogen-bond donors (Lipinski definition) is 0. The molecule has 33 heavy (non-hydrogen) atoms. The van der Waals surface area contributed by atoms with Crippen LogP contribution in [0.15, 0.2) is 66.7 Å². The van der Waals surface area contributed by atoms with Crippen molar-refractivity contribution < 1.29 is 14.3 Å². The fraction of sp³-hybridized carbons (Fsp3) is 0.414. The quantitative estimate of drug-likeness (QED) is 0.285. The molecule has 0 saturated heterocycles. The lowest BCUT2D eigenvalue weighted by Crippen LogP contribution is -2.36. The number of hydrogen-bond acceptors (Lipinski definition) is 4. The lowest BCUT2D eigenvalue weighted by molar-refractivity contribution is -0.145. The van der Waals surface area contributed by atoms with E-state index >= 15 is 0 Å². The highest BCUT2D eigenvalue weighted by molar-refractivity contribution is 5.94. The van der Waals surface area contributed by atoms with Crippen molar-refractivity contribution in [1.29, 1.82) is 0 Å². The molecule has 4 rings (SSSR count). The molecule has 174 valence electrons. The van der Waals surface area contributed by atoms with Crippen LogP contribution in [0.25, 0.3) is 10.8 Å². The highest BCUT2D eigenvalue weighted by Crippen LogP contribution is 2.37. The monoisotopic (exact) mass is 445 g/mol. The third kappa shape index (κ3) is 5.68. The number of rotatable bonds is 8. The van der Waals surface area contributed by atoms with Gasteiger partial charge in [0.15, 0.2) is 6.61 Å². The van der Waals surface area contributed by atoms with Crippen molar-refractivity contribution in [3.8, 4) is 5.75 Å². The first-order chi connectivity index (χ1) is 16.2. The molecule has 1 saturated carbocycles. The Balaban J connectivity index is 1.49. The van der Waals surface area contributed by atoms with Gasteiger partial charge in [0.05, 0.1) is 6.61 Å². The van der Waals surface area contributed by atoms with Gasteiger partial charge in [-0.25, -0.2) is 4.79 Å². The van der Waals surface area contributed by atoms with E-state index in [1.165, 1.54) is 47.7 Å². The van der Waals surface area contributed by atoms with Crippen molar-refractivity contribution in [1.82, 2.24) is 0 Å². The molecule has 0 aliphatic heterocycles. The summed E-state index contributed by atoms with van der Waals surface area (Å²) in [7, 11) is 0. The minimum Gasteiger partial charge on any atom is -0.482 e. The predicted octanol–water partition coefficient (Wildman–Crippen LogP) is 6.72. The molecule has 0 aromatic heterocycles. The largest absolute Gasteiger partial charge is 0.482 e. The zero-order valence-electron chi connectivity index (χ0n) is 19.8. The van der Waals surface area contributed by atoms with Gasteiger partial charge >= 0.3 is 5.97 Å². The van der Waals surface area contributed by atoms with Crippen LogP contribution < -0.4 is 9.64 Å². The summed E-state index contributed by atoms with van der Waals surface area (Å²) < 4.78 is 10.5. The summed E-state index contributed by atoms with van der Waals surface area (Å²) in [6.07, 6.45) is 6.12. The van der Waals surface area contributed by atoms with Crippen LogP contribution >= 0.6 is 0 Å². The summed E-state index contributed by atoms with van der Waals surface area (Å²) >= 11 is 0. The third-order valence-electron chi connectivity index (χ3n) is 6.77. The van der Waals surface area contributed by atoms with Crippen LogP contribution in [0.3, 0.4) is 0 Å². The van der Waals surface area contributed by atoms with Crippen LogP contribution in [0.4, 0.5) is 5.69 Å². The Morgan fingerprint density at radius 3 is 2.48 bits per heavy atom. The SMILES string of the molecule is CCOC(=O)COc1ccc(C2CCCCC(N(CC)c3cccc4ccccc34)C2)cc1. The summed E-state index contributed by atoms with van der Waals surface area (Å²) in [6, 6.07) is 24.2. The first kappa shape index (κ1) is 23.2. The molecule has 0 heterocycles. The van der Waals surface area contributed by atoms with Gasteiger partial charge in [0.25, 0.3) is 0 Å². The lowest BCUT2D eigenvalue weighted by atomic mass is 9.89. The number of anilines is 1. The predicted molar refractivity (Wildman–Crippen MR) is 135 cm³/mol. The van der Waals surface area contributed by atoms with Crippen LogP contribution in [0.1, 0.15) is 57.4 Å². The van der Waals surface area contributed by atoms with Gasteiger partial charge < -0.3 is 14.4 Å². The first-order valence-electron chi connectivity index (χ1n) is 12.3. The molecule has 4 nitrogen and oxygen atoms in total.